The number of ether oxygens (including phenoxy) is 1. The Balaban J connectivity index is 1.62. The van der Waals surface area contributed by atoms with Crippen LogP contribution in [0.25, 0.3) is 0 Å². The van der Waals surface area contributed by atoms with Gasteiger partial charge in [0, 0.05) is 12.6 Å². The summed E-state index contributed by atoms with van der Waals surface area (Å²) in [6.07, 6.45) is 4.71. The first-order valence-electron chi connectivity index (χ1n) is 7.68. The van der Waals surface area contributed by atoms with E-state index in [9.17, 15) is 0 Å². The SMILES string of the molecule is CCCNCc1ccc(Oc2ccc3c(c2)CCC3)nn1. The zero-order valence-electron chi connectivity index (χ0n) is 12.4. The van der Waals surface area contributed by atoms with Crippen molar-refractivity contribution >= 4 is 0 Å². The van der Waals surface area contributed by atoms with Gasteiger partial charge in [0.1, 0.15) is 5.75 Å². The Morgan fingerprint density at radius 2 is 2.00 bits per heavy atom. The van der Waals surface area contributed by atoms with Crippen LogP contribution in [0, 0.1) is 0 Å². The fourth-order valence-corrected chi connectivity index (χ4v) is 2.62. The fraction of sp³-hybridized carbons (Fsp3) is 0.412. The van der Waals surface area contributed by atoms with Gasteiger partial charge in [-0.2, -0.15) is 5.10 Å². The summed E-state index contributed by atoms with van der Waals surface area (Å²) >= 11 is 0. The number of nitrogens with one attached hydrogen (secondary N) is 1. The van der Waals surface area contributed by atoms with E-state index in [4.69, 9.17) is 4.74 Å². The molecule has 0 saturated heterocycles. The molecule has 4 heteroatoms. The minimum Gasteiger partial charge on any atom is -0.438 e. The van der Waals surface area contributed by atoms with E-state index in [1.807, 2.05) is 18.2 Å². The van der Waals surface area contributed by atoms with Gasteiger partial charge in [-0.3, -0.25) is 0 Å². The van der Waals surface area contributed by atoms with Crippen molar-refractivity contribution in [2.45, 2.75) is 39.2 Å². The zero-order valence-corrected chi connectivity index (χ0v) is 12.4. The predicted molar refractivity (Wildman–Crippen MR) is 82.6 cm³/mol. The first kappa shape index (κ1) is 14.0. The zero-order chi connectivity index (χ0) is 14.5. The summed E-state index contributed by atoms with van der Waals surface area (Å²) in [4.78, 5) is 0. The van der Waals surface area contributed by atoms with E-state index in [-0.39, 0.29) is 0 Å². The van der Waals surface area contributed by atoms with Crippen LogP contribution in [-0.2, 0) is 19.4 Å². The Bertz CT molecular complexity index is 595. The Morgan fingerprint density at radius 1 is 1.10 bits per heavy atom. The molecule has 1 aliphatic rings. The maximum absolute atomic E-state index is 5.79. The van der Waals surface area contributed by atoms with E-state index < -0.39 is 0 Å². The van der Waals surface area contributed by atoms with Gasteiger partial charge in [0.2, 0.25) is 5.88 Å². The Labute approximate surface area is 125 Å². The molecule has 1 aromatic carbocycles. The maximum atomic E-state index is 5.79. The van der Waals surface area contributed by atoms with Crippen LogP contribution in [0.1, 0.15) is 36.6 Å². The molecule has 110 valence electrons. The Morgan fingerprint density at radius 3 is 2.81 bits per heavy atom. The topological polar surface area (TPSA) is 47.0 Å². The van der Waals surface area contributed by atoms with Crippen molar-refractivity contribution < 1.29 is 4.74 Å². The first-order valence-corrected chi connectivity index (χ1v) is 7.68. The van der Waals surface area contributed by atoms with Crippen LogP contribution in [0.2, 0.25) is 0 Å². The number of hydrogen-bond donors (Lipinski definition) is 1. The number of hydrogen-bond acceptors (Lipinski definition) is 4. The summed E-state index contributed by atoms with van der Waals surface area (Å²) in [5.74, 6) is 1.40. The van der Waals surface area contributed by atoms with Crippen molar-refractivity contribution in [1.29, 1.82) is 0 Å². The molecule has 0 spiro atoms. The molecule has 1 aromatic heterocycles. The lowest BCUT2D eigenvalue weighted by Crippen LogP contribution is -2.15. The normalized spacial score (nSPS) is 13.2. The number of rotatable bonds is 6. The van der Waals surface area contributed by atoms with Crippen LogP contribution < -0.4 is 10.1 Å². The third-order valence-electron chi connectivity index (χ3n) is 3.72. The highest BCUT2D eigenvalue weighted by molar-refractivity contribution is 5.39. The molecule has 0 saturated carbocycles. The highest BCUT2D eigenvalue weighted by atomic mass is 16.5. The molecule has 0 aliphatic heterocycles. The summed E-state index contributed by atoms with van der Waals surface area (Å²) in [7, 11) is 0. The van der Waals surface area contributed by atoms with Gasteiger partial charge < -0.3 is 10.1 Å². The highest BCUT2D eigenvalue weighted by Crippen LogP contribution is 2.28. The van der Waals surface area contributed by atoms with Gasteiger partial charge in [-0.15, -0.1) is 5.10 Å². The lowest BCUT2D eigenvalue weighted by Gasteiger charge is -2.07. The smallest absolute Gasteiger partial charge is 0.238 e. The molecule has 4 nitrogen and oxygen atoms in total. The number of benzene rings is 1. The highest BCUT2D eigenvalue weighted by Gasteiger charge is 2.11. The van der Waals surface area contributed by atoms with Crippen LogP contribution in [0.3, 0.4) is 0 Å². The second-order valence-electron chi connectivity index (χ2n) is 5.43. The molecule has 0 fully saturated rings. The first-order chi connectivity index (χ1) is 10.3. The number of fused-ring (bicyclic) bond motifs is 1. The second kappa shape index (κ2) is 6.68. The molecule has 0 bridgehead atoms. The van der Waals surface area contributed by atoms with Gasteiger partial charge in [0.25, 0.3) is 0 Å². The quantitative estimate of drug-likeness (QED) is 0.827. The van der Waals surface area contributed by atoms with Gasteiger partial charge in [-0.1, -0.05) is 13.0 Å². The van der Waals surface area contributed by atoms with Crippen LogP contribution >= 0.6 is 0 Å². The molecule has 3 rings (SSSR count). The number of nitrogens with zero attached hydrogens (tertiary/aromatic N) is 2. The van der Waals surface area contributed by atoms with Crippen molar-refractivity contribution in [3.8, 4) is 11.6 Å². The van der Waals surface area contributed by atoms with Crippen LogP contribution in [0.5, 0.6) is 11.6 Å². The molecule has 1 aliphatic carbocycles. The molecule has 0 atom stereocenters. The average molecular weight is 283 g/mol. The van der Waals surface area contributed by atoms with Crippen molar-refractivity contribution in [1.82, 2.24) is 15.5 Å². The van der Waals surface area contributed by atoms with Crippen molar-refractivity contribution in [3.05, 3.63) is 47.2 Å². The van der Waals surface area contributed by atoms with Gasteiger partial charge in [0.15, 0.2) is 0 Å². The minimum atomic E-state index is 0.548. The average Bonchev–Trinajstić information content (AvgIpc) is 2.97. The van der Waals surface area contributed by atoms with E-state index in [0.29, 0.717) is 5.88 Å². The van der Waals surface area contributed by atoms with Gasteiger partial charge in [0.05, 0.1) is 5.69 Å². The molecule has 0 unspecified atom stereocenters. The lowest BCUT2D eigenvalue weighted by molar-refractivity contribution is 0.452. The van der Waals surface area contributed by atoms with E-state index in [2.05, 4.69) is 34.6 Å². The third-order valence-corrected chi connectivity index (χ3v) is 3.72. The molecule has 1 heterocycles. The van der Waals surface area contributed by atoms with E-state index >= 15 is 0 Å². The third kappa shape index (κ3) is 3.58. The molecular formula is C17H21N3O. The summed E-state index contributed by atoms with van der Waals surface area (Å²) in [5, 5.41) is 11.6. The van der Waals surface area contributed by atoms with Gasteiger partial charge in [-0.25, -0.2) is 0 Å². The van der Waals surface area contributed by atoms with E-state index in [1.165, 1.54) is 24.0 Å². The van der Waals surface area contributed by atoms with Crippen molar-refractivity contribution in [2.24, 2.45) is 0 Å². The Kier molecular flexibility index (Phi) is 4.46. The summed E-state index contributed by atoms with van der Waals surface area (Å²) in [5.41, 5.74) is 3.79. The fourth-order valence-electron chi connectivity index (χ4n) is 2.62. The van der Waals surface area contributed by atoms with Crippen molar-refractivity contribution in [3.63, 3.8) is 0 Å². The number of aryl methyl sites for hydroxylation is 2. The lowest BCUT2D eigenvalue weighted by atomic mass is 10.1. The van der Waals surface area contributed by atoms with Crippen LogP contribution in [-0.4, -0.2) is 16.7 Å². The monoisotopic (exact) mass is 283 g/mol. The van der Waals surface area contributed by atoms with Crippen molar-refractivity contribution in [2.75, 3.05) is 6.54 Å². The maximum Gasteiger partial charge on any atom is 0.238 e. The predicted octanol–water partition coefficient (Wildman–Crippen LogP) is 3.26. The van der Waals surface area contributed by atoms with Gasteiger partial charge in [-0.05, 0) is 61.6 Å². The summed E-state index contributed by atoms with van der Waals surface area (Å²) in [6.45, 7) is 3.89. The molecule has 21 heavy (non-hydrogen) atoms. The standard InChI is InChI=1S/C17H21N3O/c1-2-10-18-12-15-7-9-17(20-19-15)21-16-8-6-13-4-3-5-14(13)11-16/h6-9,11,18H,2-5,10,12H2,1H3. The minimum absolute atomic E-state index is 0.548. The van der Waals surface area contributed by atoms with Crippen LogP contribution in [0.15, 0.2) is 30.3 Å². The molecule has 0 radical (unpaired) electrons. The summed E-state index contributed by atoms with van der Waals surface area (Å²) in [6, 6.07) is 10.1. The van der Waals surface area contributed by atoms with Gasteiger partial charge >= 0.3 is 0 Å². The second-order valence-corrected chi connectivity index (χ2v) is 5.43. The molecular weight excluding hydrogens is 262 g/mol. The molecule has 0 amide bonds. The number of aromatic nitrogens is 2. The Hall–Kier alpha value is -1.94. The molecule has 1 N–H and O–H groups in total. The van der Waals surface area contributed by atoms with E-state index in [0.717, 1.165) is 37.4 Å². The molecule has 2 aromatic rings. The van der Waals surface area contributed by atoms with E-state index in [1.54, 1.807) is 0 Å². The summed E-state index contributed by atoms with van der Waals surface area (Å²) < 4.78 is 5.79. The largest absolute Gasteiger partial charge is 0.438 e. The van der Waals surface area contributed by atoms with Crippen LogP contribution in [0.4, 0.5) is 0 Å².